The number of carbonyl (C=O) groups excluding carboxylic acids is 1. The first-order valence-corrected chi connectivity index (χ1v) is 21.1. The van der Waals surface area contributed by atoms with E-state index in [0.717, 1.165) is 45.1 Å². The molecule has 0 aromatic heterocycles. The van der Waals surface area contributed by atoms with Gasteiger partial charge in [-0.05, 0) is 90.5 Å². The maximum atomic E-state index is 11.7. The zero-order valence-corrected chi connectivity index (χ0v) is 32.5. The van der Waals surface area contributed by atoms with E-state index in [9.17, 15) is 15.0 Å². The van der Waals surface area contributed by atoms with Gasteiger partial charge in [0.2, 0.25) is 0 Å². The molecule has 48 heavy (non-hydrogen) atoms. The number of carbonyl (C=O) groups is 1. The molecule has 0 saturated carbocycles. The Kier molecular flexibility index (Phi) is 37.7. The lowest BCUT2D eigenvalue weighted by Crippen LogP contribution is -2.38. The number of unbranched alkanes of at least 4 members (excludes halogenated alkanes) is 21. The number of esters is 1. The SMILES string of the molecule is CCCCCCCC/C=C\CCCCCCC(O)CN(CCCCC(=O)OCC)CC(O)CCCCCC/C=C\CCCCCCCC. The molecule has 0 rings (SSSR count). The Morgan fingerprint density at radius 1 is 0.521 bits per heavy atom. The molecule has 2 N–H and O–H groups in total. The third-order valence-corrected chi connectivity index (χ3v) is 9.45. The van der Waals surface area contributed by atoms with Crippen molar-refractivity contribution in [3.63, 3.8) is 0 Å². The predicted octanol–water partition coefficient (Wildman–Crippen LogP) is 12.0. The average Bonchev–Trinajstić information content (AvgIpc) is 3.07. The van der Waals surface area contributed by atoms with Gasteiger partial charge in [-0.2, -0.15) is 0 Å². The zero-order valence-electron chi connectivity index (χ0n) is 32.5. The topological polar surface area (TPSA) is 70.0 Å². The van der Waals surface area contributed by atoms with Crippen molar-refractivity contribution in [1.82, 2.24) is 4.90 Å². The highest BCUT2D eigenvalue weighted by Crippen LogP contribution is 2.14. The highest BCUT2D eigenvalue weighted by atomic mass is 16.5. The number of hydrogen-bond donors (Lipinski definition) is 2. The molecule has 284 valence electrons. The molecule has 0 radical (unpaired) electrons. The van der Waals surface area contributed by atoms with E-state index in [4.69, 9.17) is 4.74 Å². The van der Waals surface area contributed by atoms with E-state index in [1.165, 1.54) is 141 Å². The van der Waals surface area contributed by atoms with Gasteiger partial charge in [0, 0.05) is 19.5 Å². The summed E-state index contributed by atoms with van der Waals surface area (Å²) in [5.74, 6) is -0.134. The van der Waals surface area contributed by atoms with Crippen LogP contribution in [0.3, 0.4) is 0 Å². The fourth-order valence-electron chi connectivity index (χ4n) is 6.42. The van der Waals surface area contributed by atoms with Crippen LogP contribution in [-0.4, -0.2) is 59.5 Å². The van der Waals surface area contributed by atoms with Crippen LogP contribution in [0.25, 0.3) is 0 Å². The maximum Gasteiger partial charge on any atom is 0.305 e. The van der Waals surface area contributed by atoms with Crippen LogP contribution >= 0.6 is 0 Å². The standard InChI is InChI=1S/C43H83NO4/c1-4-7-9-11-13-15-17-19-21-23-25-27-29-31-35-41(45)39-44(38-34-33-37-43(47)48-6-3)40-42(46)36-32-30-28-26-24-22-20-18-16-14-12-10-8-5-2/h19-22,41-42,45-46H,4-18,23-40H2,1-3H3/b21-19-,22-20-. The quantitative estimate of drug-likeness (QED) is 0.0387. The number of rotatable bonds is 38. The summed E-state index contributed by atoms with van der Waals surface area (Å²) in [5.41, 5.74) is 0. The first-order chi connectivity index (χ1) is 23.5. The summed E-state index contributed by atoms with van der Waals surface area (Å²) in [4.78, 5) is 14.0. The first-order valence-electron chi connectivity index (χ1n) is 21.1. The van der Waals surface area contributed by atoms with Crippen molar-refractivity contribution in [2.24, 2.45) is 0 Å². The molecule has 0 aliphatic carbocycles. The van der Waals surface area contributed by atoms with Crippen molar-refractivity contribution >= 4 is 5.97 Å². The smallest absolute Gasteiger partial charge is 0.305 e. The lowest BCUT2D eigenvalue weighted by molar-refractivity contribution is -0.143. The van der Waals surface area contributed by atoms with Crippen LogP contribution in [0.1, 0.15) is 207 Å². The fraction of sp³-hybridized carbons (Fsp3) is 0.884. The Bertz CT molecular complexity index is 663. The van der Waals surface area contributed by atoms with Gasteiger partial charge in [0.05, 0.1) is 18.8 Å². The second-order valence-corrected chi connectivity index (χ2v) is 14.4. The fourth-order valence-corrected chi connectivity index (χ4v) is 6.42. The van der Waals surface area contributed by atoms with Gasteiger partial charge < -0.3 is 14.9 Å². The van der Waals surface area contributed by atoms with E-state index >= 15 is 0 Å². The van der Waals surface area contributed by atoms with Crippen molar-refractivity contribution in [3.8, 4) is 0 Å². The van der Waals surface area contributed by atoms with Crippen LogP contribution in [0.4, 0.5) is 0 Å². The molecule has 0 aliphatic rings. The normalized spacial score (nSPS) is 13.3. The van der Waals surface area contributed by atoms with Gasteiger partial charge in [-0.15, -0.1) is 0 Å². The second kappa shape index (κ2) is 38.6. The number of ether oxygens (including phenoxy) is 1. The Morgan fingerprint density at radius 2 is 0.896 bits per heavy atom. The minimum absolute atomic E-state index is 0.134. The molecular weight excluding hydrogens is 594 g/mol. The molecule has 0 aromatic carbocycles. The molecule has 0 bridgehead atoms. The van der Waals surface area contributed by atoms with Gasteiger partial charge in [-0.1, -0.05) is 141 Å². The summed E-state index contributed by atoms with van der Waals surface area (Å²) >= 11 is 0. The van der Waals surface area contributed by atoms with Gasteiger partial charge in [-0.25, -0.2) is 0 Å². The molecule has 0 spiro atoms. The van der Waals surface area contributed by atoms with Gasteiger partial charge >= 0.3 is 5.97 Å². The molecule has 2 atom stereocenters. The van der Waals surface area contributed by atoms with Crippen molar-refractivity contribution < 1.29 is 19.7 Å². The number of aliphatic hydroxyl groups excluding tert-OH is 2. The number of hydrogen-bond acceptors (Lipinski definition) is 5. The Balaban J connectivity index is 4.17. The third kappa shape index (κ3) is 36.1. The minimum Gasteiger partial charge on any atom is -0.466 e. The van der Waals surface area contributed by atoms with Crippen LogP contribution in [0, 0.1) is 0 Å². The van der Waals surface area contributed by atoms with E-state index in [-0.39, 0.29) is 18.2 Å². The summed E-state index contributed by atoms with van der Waals surface area (Å²) in [5, 5.41) is 21.7. The van der Waals surface area contributed by atoms with Crippen LogP contribution in [0.15, 0.2) is 24.3 Å². The minimum atomic E-state index is -0.367. The Hall–Kier alpha value is -1.17. The van der Waals surface area contributed by atoms with Gasteiger partial charge in [0.25, 0.3) is 0 Å². The van der Waals surface area contributed by atoms with E-state index in [2.05, 4.69) is 43.1 Å². The third-order valence-electron chi connectivity index (χ3n) is 9.45. The maximum absolute atomic E-state index is 11.7. The van der Waals surface area contributed by atoms with Crippen molar-refractivity contribution in [2.45, 2.75) is 219 Å². The van der Waals surface area contributed by atoms with Gasteiger partial charge in [0.1, 0.15) is 0 Å². The molecular formula is C43H83NO4. The summed E-state index contributed by atoms with van der Waals surface area (Å²) in [7, 11) is 0. The van der Waals surface area contributed by atoms with Gasteiger partial charge in [-0.3, -0.25) is 9.69 Å². The number of aliphatic hydroxyl groups is 2. The zero-order chi connectivity index (χ0) is 35.2. The Labute approximate surface area is 299 Å². The summed E-state index contributed by atoms with van der Waals surface area (Å²) in [6.45, 7) is 8.80. The molecule has 0 heterocycles. The van der Waals surface area contributed by atoms with Gasteiger partial charge in [0.15, 0.2) is 0 Å². The molecule has 0 fully saturated rings. The molecule has 0 aliphatic heterocycles. The van der Waals surface area contributed by atoms with Crippen molar-refractivity contribution in [3.05, 3.63) is 24.3 Å². The lowest BCUT2D eigenvalue weighted by atomic mass is 10.1. The molecule has 5 heteroatoms. The summed E-state index contributed by atoms with van der Waals surface area (Å²) < 4.78 is 5.07. The average molecular weight is 678 g/mol. The molecule has 0 aromatic rings. The second-order valence-electron chi connectivity index (χ2n) is 14.4. The van der Waals surface area contributed by atoms with Crippen LogP contribution in [-0.2, 0) is 9.53 Å². The number of nitrogens with zero attached hydrogens (tertiary/aromatic N) is 1. The van der Waals surface area contributed by atoms with E-state index in [1.54, 1.807) is 0 Å². The van der Waals surface area contributed by atoms with E-state index < -0.39 is 0 Å². The molecule has 5 nitrogen and oxygen atoms in total. The highest BCUT2D eigenvalue weighted by molar-refractivity contribution is 5.69. The number of allylic oxidation sites excluding steroid dienone is 4. The Morgan fingerprint density at radius 3 is 1.29 bits per heavy atom. The lowest BCUT2D eigenvalue weighted by Gasteiger charge is -2.27. The molecule has 0 saturated heterocycles. The predicted molar refractivity (Wildman–Crippen MR) is 209 cm³/mol. The molecule has 0 amide bonds. The van der Waals surface area contributed by atoms with E-state index in [0.29, 0.717) is 26.1 Å². The van der Waals surface area contributed by atoms with E-state index in [1.807, 2.05) is 6.92 Å². The van der Waals surface area contributed by atoms with Crippen LogP contribution in [0.2, 0.25) is 0 Å². The summed E-state index contributed by atoms with van der Waals surface area (Å²) in [6, 6.07) is 0. The first kappa shape index (κ1) is 46.8. The van der Waals surface area contributed by atoms with Crippen LogP contribution in [0.5, 0.6) is 0 Å². The van der Waals surface area contributed by atoms with Crippen molar-refractivity contribution in [1.29, 1.82) is 0 Å². The summed E-state index contributed by atoms with van der Waals surface area (Å²) in [6.07, 6.45) is 43.0. The van der Waals surface area contributed by atoms with Crippen LogP contribution < -0.4 is 0 Å². The van der Waals surface area contributed by atoms with Crippen molar-refractivity contribution in [2.75, 3.05) is 26.2 Å². The molecule has 2 unspecified atom stereocenters. The highest BCUT2D eigenvalue weighted by Gasteiger charge is 2.16. The monoisotopic (exact) mass is 678 g/mol. The largest absolute Gasteiger partial charge is 0.466 e.